The molecule has 0 spiro atoms. The van der Waals surface area contributed by atoms with Crippen LogP contribution < -0.4 is 9.47 Å². The lowest BCUT2D eigenvalue weighted by Gasteiger charge is -2.23. The van der Waals surface area contributed by atoms with Crippen molar-refractivity contribution in [2.75, 3.05) is 26.9 Å². The summed E-state index contributed by atoms with van der Waals surface area (Å²) in [6.07, 6.45) is 9.28. The van der Waals surface area contributed by atoms with Crippen LogP contribution in [-0.2, 0) is 14.3 Å². The van der Waals surface area contributed by atoms with Crippen LogP contribution in [-0.4, -0.2) is 48.0 Å². The van der Waals surface area contributed by atoms with Gasteiger partial charge in [0, 0.05) is 6.54 Å². The average Bonchev–Trinajstić information content (AvgIpc) is 3.04. The van der Waals surface area contributed by atoms with Crippen molar-refractivity contribution in [1.82, 2.24) is 4.90 Å². The Labute approximate surface area is 193 Å². The van der Waals surface area contributed by atoms with Gasteiger partial charge in [0.2, 0.25) is 0 Å². The van der Waals surface area contributed by atoms with Crippen LogP contribution in [0.25, 0.3) is 6.08 Å². The Morgan fingerprint density at radius 1 is 1.23 bits per heavy atom. The summed E-state index contributed by atoms with van der Waals surface area (Å²) in [7, 11) is 1.31. The molecule has 31 heavy (non-hydrogen) atoms. The lowest BCUT2D eigenvalue weighted by molar-refractivity contribution is -0.142. The molecule has 0 aromatic heterocycles. The number of amides is 1. The van der Waals surface area contributed by atoms with Crippen LogP contribution in [0.3, 0.4) is 0 Å². The van der Waals surface area contributed by atoms with Gasteiger partial charge >= 0.3 is 5.97 Å². The van der Waals surface area contributed by atoms with Crippen molar-refractivity contribution in [3.05, 3.63) is 28.7 Å². The molecule has 2 fully saturated rings. The SMILES string of the molecule is CCOc1cc(C=C2SC(=S)N(CCC3CCCCC3)C2=O)ccc1OCC(=O)OC. The van der Waals surface area contributed by atoms with E-state index in [4.69, 9.17) is 21.7 Å². The number of carbonyl (C=O) groups is 2. The van der Waals surface area contributed by atoms with Gasteiger partial charge in [0.25, 0.3) is 5.91 Å². The number of thioether (sulfide) groups is 1. The molecule has 0 bridgehead atoms. The van der Waals surface area contributed by atoms with Gasteiger partial charge in [0.15, 0.2) is 18.1 Å². The van der Waals surface area contributed by atoms with Gasteiger partial charge in [-0.1, -0.05) is 62.2 Å². The first kappa shape index (κ1) is 23.6. The van der Waals surface area contributed by atoms with Crippen molar-refractivity contribution in [2.24, 2.45) is 5.92 Å². The van der Waals surface area contributed by atoms with Gasteiger partial charge in [-0.25, -0.2) is 4.79 Å². The summed E-state index contributed by atoms with van der Waals surface area (Å²) in [5.74, 6) is 1.16. The van der Waals surface area contributed by atoms with Crippen LogP contribution in [0.2, 0.25) is 0 Å². The molecule has 3 rings (SSSR count). The first-order valence-corrected chi connectivity index (χ1v) is 12.0. The van der Waals surface area contributed by atoms with Crippen molar-refractivity contribution >= 4 is 46.3 Å². The quantitative estimate of drug-likeness (QED) is 0.296. The van der Waals surface area contributed by atoms with Crippen molar-refractivity contribution in [1.29, 1.82) is 0 Å². The smallest absolute Gasteiger partial charge is 0.343 e. The molecule has 1 saturated carbocycles. The second-order valence-electron chi connectivity index (χ2n) is 7.63. The van der Waals surface area contributed by atoms with Gasteiger partial charge in [-0.15, -0.1) is 0 Å². The highest BCUT2D eigenvalue weighted by Crippen LogP contribution is 2.36. The standard InChI is InChI=1S/C23H29NO5S2/c1-3-28-19-13-17(9-10-18(19)29-15-21(25)27-2)14-20-22(26)24(23(30)31-20)12-11-16-7-5-4-6-8-16/h9-10,13-14,16H,3-8,11-12,15H2,1-2H3. The highest BCUT2D eigenvalue weighted by molar-refractivity contribution is 8.26. The predicted octanol–water partition coefficient (Wildman–Crippen LogP) is 4.81. The van der Waals surface area contributed by atoms with Crippen LogP contribution >= 0.6 is 24.0 Å². The van der Waals surface area contributed by atoms with Crippen molar-refractivity contribution < 1.29 is 23.8 Å². The number of ether oxygens (including phenoxy) is 3. The number of nitrogens with zero attached hydrogens (tertiary/aromatic N) is 1. The lowest BCUT2D eigenvalue weighted by atomic mass is 9.87. The molecule has 0 atom stereocenters. The summed E-state index contributed by atoms with van der Waals surface area (Å²) in [5.41, 5.74) is 0.807. The molecule has 1 aliphatic carbocycles. The summed E-state index contributed by atoms with van der Waals surface area (Å²) in [5, 5.41) is 0. The molecule has 168 valence electrons. The number of rotatable bonds is 9. The average molecular weight is 464 g/mol. The van der Waals surface area contributed by atoms with Crippen LogP contribution in [0.1, 0.15) is 51.0 Å². The number of hydrogen-bond acceptors (Lipinski definition) is 7. The minimum absolute atomic E-state index is 0.0326. The van der Waals surface area contributed by atoms with E-state index in [1.165, 1.54) is 51.0 Å². The normalized spacial score (nSPS) is 18.5. The third-order valence-electron chi connectivity index (χ3n) is 5.50. The number of methoxy groups -OCH3 is 1. The summed E-state index contributed by atoms with van der Waals surface area (Å²) in [6, 6.07) is 5.35. The highest BCUT2D eigenvalue weighted by Gasteiger charge is 2.32. The highest BCUT2D eigenvalue weighted by atomic mass is 32.2. The van der Waals surface area contributed by atoms with Gasteiger partial charge in [-0.2, -0.15) is 0 Å². The maximum atomic E-state index is 12.9. The molecule has 1 aromatic carbocycles. The molecule has 0 N–H and O–H groups in total. The van der Waals surface area contributed by atoms with Crippen LogP contribution in [0, 0.1) is 5.92 Å². The van der Waals surface area contributed by atoms with Crippen LogP contribution in [0.15, 0.2) is 23.1 Å². The minimum atomic E-state index is -0.469. The van der Waals surface area contributed by atoms with E-state index in [0.29, 0.717) is 39.8 Å². The number of esters is 1. The summed E-state index contributed by atoms with van der Waals surface area (Å²) in [6.45, 7) is 2.81. The Morgan fingerprint density at radius 2 is 2.00 bits per heavy atom. The number of carbonyl (C=O) groups excluding carboxylic acids is 2. The summed E-state index contributed by atoms with van der Waals surface area (Å²) in [4.78, 5) is 26.6. The maximum absolute atomic E-state index is 12.9. The van der Waals surface area contributed by atoms with Crippen LogP contribution in [0.5, 0.6) is 11.5 Å². The zero-order valence-corrected chi connectivity index (χ0v) is 19.7. The Morgan fingerprint density at radius 3 is 2.71 bits per heavy atom. The fraction of sp³-hybridized carbons (Fsp3) is 0.522. The van der Waals surface area contributed by atoms with Gasteiger partial charge in [-0.3, -0.25) is 9.69 Å². The fourth-order valence-corrected chi connectivity index (χ4v) is 5.14. The van der Waals surface area contributed by atoms with E-state index in [2.05, 4.69) is 4.74 Å². The maximum Gasteiger partial charge on any atom is 0.343 e. The molecule has 1 aliphatic heterocycles. The second kappa shape index (κ2) is 11.5. The van der Waals surface area contributed by atoms with Crippen molar-refractivity contribution in [3.8, 4) is 11.5 Å². The molecule has 0 radical (unpaired) electrons. The Hall–Kier alpha value is -2.06. The van der Waals surface area contributed by atoms with Gasteiger partial charge in [0.05, 0.1) is 18.6 Å². The predicted molar refractivity (Wildman–Crippen MR) is 126 cm³/mol. The second-order valence-corrected chi connectivity index (χ2v) is 9.31. The van der Waals surface area contributed by atoms with Gasteiger partial charge in [0.1, 0.15) is 4.32 Å². The zero-order chi connectivity index (χ0) is 22.2. The summed E-state index contributed by atoms with van der Waals surface area (Å²) >= 11 is 6.81. The first-order valence-electron chi connectivity index (χ1n) is 10.7. The monoisotopic (exact) mass is 463 g/mol. The fourth-order valence-electron chi connectivity index (χ4n) is 3.83. The molecule has 1 saturated heterocycles. The van der Waals surface area contributed by atoms with Crippen LogP contribution in [0.4, 0.5) is 0 Å². The molecule has 2 aliphatic rings. The van der Waals surface area contributed by atoms with E-state index in [1.807, 2.05) is 19.1 Å². The number of hydrogen-bond donors (Lipinski definition) is 0. The molecule has 6 nitrogen and oxygen atoms in total. The lowest BCUT2D eigenvalue weighted by Crippen LogP contribution is -2.30. The third kappa shape index (κ3) is 6.46. The minimum Gasteiger partial charge on any atom is -0.490 e. The van der Waals surface area contributed by atoms with E-state index < -0.39 is 5.97 Å². The number of benzene rings is 1. The molecular formula is C23H29NO5S2. The molecule has 0 unspecified atom stereocenters. The number of thiocarbonyl (C=S) groups is 1. The zero-order valence-electron chi connectivity index (χ0n) is 18.1. The summed E-state index contributed by atoms with van der Waals surface area (Å²) < 4.78 is 16.4. The topological polar surface area (TPSA) is 65.1 Å². The largest absolute Gasteiger partial charge is 0.490 e. The molecule has 8 heteroatoms. The van der Waals surface area contributed by atoms with E-state index >= 15 is 0 Å². The Bertz CT molecular complexity index is 848. The van der Waals surface area contributed by atoms with E-state index in [9.17, 15) is 9.59 Å². The van der Waals surface area contributed by atoms with Crippen molar-refractivity contribution in [3.63, 3.8) is 0 Å². The van der Waals surface area contributed by atoms with Gasteiger partial charge < -0.3 is 14.2 Å². The first-order chi connectivity index (χ1) is 15.0. The van der Waals surface area contributed by atoms with E-state index in [1.54, 1.807) is 17.0 Å². The third-order valence-corrected chi connectivity index (χ3v) is 6.88. The van der Waals surface area contributed by atoms with E-state index in [-0.39, 0.29) is 12.5 Å². The molecule has 1 heterocycles. The molecule has 1 amide bonds. The van der Waals surface area contributed by atoms with E-state index in [0.717, 1.165) is 12.0 Å². The molecular weight excluding hydrogens is 434 g/mol. The Balaban J connectivity index is 1.68. The van der Waals surface area contributed by atoms with Gasteiger partial charge in [-0.05, 0) is 43.0 Å². The molecule has 1 aromatic rings. The Kier molecular flexibility index (Phi) is 8.78. The van der Waals surface area contributed by atoms with Crippen molar-refractivity contribution in [2.45, 2.75) is 45.4 Å².